The van der Waals surface area contributed by atoms with Crippen LogP contribution in [0.3, 0.4) is 0 Å². The van der Waals surface area contributed by atoms with Crippen molar-refractivity contribution in [3.05, 3.63) is 29.3 Å². The van der Waals surface area contributed by atoms with Crippen molar-refractivity contribution < 1.29 is 9.18 Å². The van der Waals surface area contributed by atoms with Crippen LogP contribution < -0.4 is 10.2 Å². The van der Waals surface area contributed by atoms with Crippen LogP contribution in [0.5, 0.6) is 0 Å². The standard InChI is InChI=1S/C21H25FN6O/c22-17-3-4-28(14-17)21(29)20-10-19(13-25-20)27-7-5-26(6-8-27)18-2-1-15(11-23)16(9-18)12-24/h1-2,9,17,19-20,25H,3-8,10,13-14H2/t17?,19-,20-/m0/s1. The Bertz CT molecular complexity index is 854. The molecule has 3 saturated heterocycles. The molecule has 0 saturated carbocycles. The third kappa shape index (κ3) is 4.05. The molecule has 8 heteroatoms. The molecule has 0 aromatic heterocycles. The molecule has 0 bridgehead atoms. The molecule has 1 unspecified atom stereocenters. The molecule has 1 aromatic rings. The van der Waals surface area contributed by atoms with Crippen molar-refractivity contribution in [1.29, 1.82) is 10.5 Å². The first-order valence-electron chi connectivity index (χ1n) is 10.2. The fourth-order valence-corrected chi connectivity index (χ4v) is 4.59. The van der Waals surface area contributed by atoms with Gasteiger partial charge in [0.2, 0.25) is 5.91 Å². The largest absolute Gasteiger partial charge is 0.369 e. The first kappa shape index (κ1) is 19.6. The van der Waals surface area contributed by atoms with Crippen LogP contribution in [0, 0.1) is 22.7 Å². The molecule has 7 nitrogen and oxygen atoms in total. The minimum absolute atomic E-state index is 0.0351. The maximum absolute atomic E-state index is 13.4. The van der Waals surface area contributed by atoms with Crippen molar-refractivity contribution >= 4 is 11.6 Å². The van der Waals surface area contributed by atoms with Gasteiger partial charge in [-0.25, -0.2) is 4.39 Å². The van der Waals surface area contributed by atoms with Gasteiger partial charge >= 0.3 is 0 Å². The number of rotatable bonds is 3. The average Bonchev–Trinajstić information content (AvgIpc) is 3.42. The van der Waals surface area contributed by atoms with Gasteiger partial charge in [-0.3, -0.25) is 9.69 Å². The predicted molar refractivity (Wildman–Crippen MR) is 106 cm³/mol. The molecular weight excluding hydrogens is 371 g/mol. The first-order valence-corrected chi connectivity index (χ1v) is 10.2. The molecule has 0 spiro atoms. The summed E-state index contributed by atoms with van der Waals surface area (Å²) in [4.78, 5) is 18.9. The summed E-state index contributed by atoms with van der Waals surface area (Å²) in [5, 5.41) is 21.6. The van der Waals surface area contributed by atoms with Gasteiger partial charge in [0, 0.05) is 51.0 Å². The van der Waals surface area contributed by atoms with Gasteiger partial charge in [-0.05, 0) is 31.0 Å². The van der Waals surface area contributed by atoms with Gasteiger partial charge in [0.05, 0.1) is 23.7 Å². The molecule has 0 radical (unpaired) electrons. The maximum Gasteiger partial charge on any atom is 0.239 e. The van der Waals surface area contributed by atoms with Crippen LogP contribution in [0.1, 0.15) is 24.0 Å². The molecule has 0 aliphatic carbocycles. The first-order chi connectivity index (χ1) is 14.1. The van der Waals surface area contributed by atoms with Gasteiger partial charge in [-0.15, -0.1) is 0 Å². The summed E-state index contributed by atoms with van der Waals surface area (Å²) in [5.41, 5.74) is 1.78. The number of piperazine rings is 1. The number of anilines is 1. The summed E-state index contributed by atoms with van der Waals surface area (Å²) in [5.74, 6) is 0.0351. The molecule has 4 rings (SSSR count). The highest BCUT2D eigenvalue weighted by Gasteiger charge is 2.37. The van der Waals surface area contributed by atoms with E-state index >= 15 is 0 Å². The van der Waals surface area contributed by atoms with Crippen LogP contribution in [0.2, 0.25) is 0 Å². The van der Waals surface area contributed by atoms with E-state index in [0.29, 0.717) is 30.1 Å². The second-order valence-corrected chi connectivity index (χ2v) is 8.00. The Kier molecular flexibility index (Phi) is 5.66. The number of hydrogen-bond donors (Lipinski definition) is 1. The fourth-order valence-electron chi connectivity index (χ4n) is 4.59. The van der Waals surface area contributed by atoms with Crippen LogP contribution in [-0.4, -0.2) is 79.8 Å². The zero-order valence-corrected chi connectivity index (χ0v) is 16.4. The quantitative estimate of drug-likeness (QED) is 0.815. The monoisotopic (exact) mass is 396 g/mol. The number of carbonyl (C=O) groups is 1. The fraction of sp³-hybridized carbons (Fsp3) is 0.571. The van der Waals surface area contributed by atoms with Crippen molar-refractivity contribution in [2.45, 2.75) is 31.1 Å². The van der Waals surface area contributed by atoms with E-state index in [-0.39, 0.29) is 18.5 Å². The van der Waals surface area contributed by atoms with Crippen LogP contribution >= 0.6 is 0 Å². The van der Waals surface area contributed by atoms with E-state index in [4.69, 9.17) is 5.26 Å². The minimum atomic E-state index is -0.881. The zero-order chi connectivity index (χ0) is 20.4. The van der Waals surface area contributed by atoms with Crippen molar-refractivity contribution in [1.82, 2.24) is 15.1 Å². The van der Waals surface area contributed by atoms with Gasteiger partial charge in [-0.2, -0.15) is 10.5 Å². The minimum Gasteiger partial charge on any atom is -0.369 e. The van der Waals surface area contributed by atoms with E-state index in [1.165, 1.54) is 0 Å². The van der Waals surface area contributed by atoms with Crippen LogP contribution in [0.25, 0.3) is 0 Å². The number of carbonyl (C=O) groups excluding carboxylic acids is 1. The molecule has 3 heterocycles. The van der Waals surface area contributed by atoms with Crippen molar-refractivity contribution in [2.24, 2.45) is 0 Å². The number of alkyl halides is 1. The number of nitriles is 2. The number of halogens is 1. The molecule has 3 aliphatic heterocycles. The molecule has 3 fully saturated rings. The Labute approximate surface area is 170 Å². The van der Waals surface area contributed by atoms with Gasteiger partial charge in [0.25, 0.3) is 0 Å². The van der Waals surface area contributed by atoms with Gasteiger partial charge in [0.1, 0.15) is 18.3 Å². The van der Waals surface area contributed by atoms with Gasteiger partial charge < -0.3 is 15.1 Å². The third-order valence-corrected chi connectivity index (χ3v) is 6.29. The van der Waals surface area contributed by atoms with Crippen LogP contribution in [0.15, 0.2) is 18.2 Å². The van der Waals surface area contributed by atoms with Crippen molar-refractivity contribution in [3.8, 4) is 12.1 Å². The van der Waals surface area contributed by atoms with E-state index in [1.807, 2.05) is 12.1 Å². The SMILES string of the molecule is N#Cc1ccc(N2CCN([C@@H]3CN[C@H](C(=O)N4CCC(F)C4)C3)CC2)cc1C#N. The topological polar surface area (TPSA) is 86.4 Å². The molecule has 1 N–H and O–H groups in total. The highest BCUT2D eigenvalue weighted by atomic mass is 19.1. The molecule has 1 amide bonds. The number of hydrogen-bond acceptors (Lipinski definition) is 6. The van der Waals surface area contributed by atoms with Gasteiger partial charge in [-0.1, -0.05) is 0 Å². The lowest BCUT2D eigenvalue weighted by molar-refractivity contribution is -0.132. The number of likely N-dealkylation sites (tertiary alicyclic amines) is 1. The normalized spacial score (nSPS) is 27.6. The Morgan fingerprint density at radius 1 is 1.10 bits per heavy atom. The molecule has 1 aromatic carbocycles. The smallest absolute Gasteiger partial charge is 0.239 e. The third-order valence-electron chi connectivity index (χ3n) is 6.29. The van der Waals surface area contributed by atoms with Crippen LogP contribution in [-0.2, 0) is 4.79 Å². The summed E-state index contributed by atoms with van der Waals surface area (Å²) in [6, 6.07) is 9.63. The van der Waals surface area contributed by atoms with Crippen LogP contribution in [0.4, 0.5) is 10.1 Å². The molecule has 3 aliphatic rings. The summed E-state index contributed by atoms with van der Waals surface area (Å²) < 4.78 is 13.4. The number of nitrogens with zero attached hydrogens (tertiary/aromatic N) is 5. The Balaban J connectivity index is 1.31. The summed E-state index contributed by atoms with van der Waals surface area (Å²) in [7, 11) is 0. The predicted octanol–water partition coefficient (Wildman–Crippen LogP) is 0.853. The lowest BCUT2D eigenvalue weighted by Crippen LogP contribution is -2.51. The van der Waals surface area contributed by atoms with Crippen molar-refractivity contribution in [2.75, 3.05) is 50.7 Å². The summed E-state index contributed by atoms with van der Waals surface area (Å²) in [6.07, 6.45) is 0.335. The second-order valence-electron chi connectivity index (χ2n) is 8.00. The van der Waals surface area contributed by atoms with Gasteiger partial charge in [0.15, 0.2) is 0 Å². The average molecular weight is 396 g/mol. The Morgan fingerprint density at radius 2 is 1.86 bits per heavy atom. The molecule has 152 valence electrons. The molecule has 3 atom stereocenters. The Morgan fingerprint density at radius 3 is 2.52 bits per heavy atom. The number of benzene rings is 1. The maximum atomic E-state index is 13.4. The lowest BCUT2D eigenvalue weighted by atomic mass is 10.1. The Hall–Kier alpha value is -2.68. The molecular formula is C21H25FN6O. The second kappa shape index (κ2) is 8.36. The number of amides is 1. The zero-order valence-electron chi connectivity index (χ0n) is 16.4. The van der Waals surface area contributed by atoms with E-state index in [9.17, 15) is 14.4 Å². The lowest BCUT2D eigenvalue weighted by Gasteiger charge is -2.39. The van der Waals surface area contributed by atoms with E-state index in [1.54, 1.807) is 17.0 Å². The van der Waals surface area contributed by atoms with Crippen molar-refractivity contribution in [3.63, 3.8) is 0 Å². The van der Waals surface area contributed by atoms with E-state index in [2.05, 4.69) is 21.2 Å². The highest BCUT2D eigenvalue weighted by molar-refractivity contribution is 5.82. The number of nitrogens with one attached hydrogen (secondary N) is 1. The highest BCUT2D eigenvalue weighted by Crippen LogP contribution is 2.24. The molecule has 29 heavy (non-hydrogen) atoms. The van der Waals surface area contributed by atoms with E-state index < -0.39 is 6.17 Å². The summed E-state index contributed by atoms with van der Waals surface area (Å²) >= 11 is 0. The van der Waals surface area contributed by atoms with E-state index in [0.717, 1.165) is 44.8 Å². The summed E-state index contributed by atoms with van der Waals surface area (Å²) in [6.45, 7) is 4.96.